The van der Waals surface area contributed by atoms with Crippen molar-refractivity contribution < 1.29 is 14.3 Å². The van der Waals surface area contributed by atoms with Crippen molar-refractivity contribution >= 4 is 11.8 Å². The number of ether oxygens (including phenoxy) is 1. The third-order valence-electron chi connectivity index (χ3n) is 6.84. The van der Waals surface area contributed by atoms with Crippen molar-refractivity contribution in [3.8, 4) is 5.75 Å². The maximum Gasteiger partial charge on any atom is 0.255 e. The monoisotopic (exact) mass is 446 g/mol. The van der Waals surface area contributed by atoms with Gasteiger partial charge in [0.15, 0.2) is 0 Å². The number of carbonyl (C=O) groups is 2. The first-order chi connectivity index (χ1) is 16.0. The Morgan fingerprint density at radius 2 is 1.94 bits per heavy atom. The molecule has 0 bridgehead atoms. The molecule has 3 atom stereocenters. The van der Waals surface area contributed by atoms with Gasteiger partial charge >= 0.3 is 0 Å². The van der Waals surface area contributed by atoms with E-state index in [9.17, 15) is 9.59 Å². The van der Waals surface area contributed by atoms with Crippen LogP contribution in [-0.4, -0.2) is 52.9 Å². The Balaban J connectivity index is 1.26. The molecule has 0 aliphatic carbocycles. The van der Waals surface area contributed by atoms with Gasteiger partial charge in [-0.05, 0) is 48.6 Å². The van der Waals surface area contributed by atoms with Gasteiger partial charge in [-0.3, -0.25) is 14.5 Å². The molecule has 3 aliphatic heterocycles. The van der Waals surface area contributed by atoms with Gasteiger partial charge in [-0.1, -0.05) is 36.9 Å². The molecule has 7 heteroatoms. The summed E-state index contributed by atoms with van der Waals surface area (Å²) in [5.74, 6) is 0.454. The molecular weight excluding hydrogens is 416 g/mol. The van der Waals surface area contributed by atoms with Crippen molar-refractivity contribution in [1.29, 1.82) is 0 Å². The number of fused-ring (bicyclic) bond motifs is 1. The number of piperidine rings is 2. The summed E-state index contributed by atoms with van der Waals surface area (Å²) in [4.78, 5) is 29.4. The second-order valence-electron chi connectivity index (χ2n) is 9.23. The van der Waals surface area contributed by atoms with E-state index in [1.165, 1.54) is 5.56 Å². The lowest BCUT2D eigenvalue weighted by Gasteiger charge is -2.37. The van der Waals surface area contributed by atoms with Crippen LogP contribution in [0.2, 0.25) is 0 Å². The minimum Gasteiger partial charge on any atom is -0.487 e. The lowest BCUT2D eigenvalue weighted by molar-refractivity contribution is -0.126. The van der Waals surface area contributed by atoms with Crippen LogP contribution < -0.4 is 15.8 Å². The number of hydrogen-bond acceptors (Lipinski definition) is 5. The van der Waals surface area contributed by atoms with Crippen molar-refractivity contribution in [3.05, 3.63) is 77.5 Å². The summed E-state index contributed by atoms with van der Waals surface area (Å²) in [7, 11) is 0. The van der Waals surface area contributed by atoms with Crippen LogP contribution in [0.15, 0.2) is 60.8 Å². The topological polar surface area (TPSA) is 87.9 Å². The van der Waals surface area contributed by atoms with E-state index in [1.807, 2.05) is 24.3 Å². The SMILES string of the molecule is C=C1CCC(N2Cc3cc(O[C@H]4CN(Cc5ccccc5)CC[C@@H]4N)ccc3C2=O)C(=O)N1. The smallest absolute Gasteiger partial charge is 0.255 e. The summed E-state index contributed by atoms with van der Waals surface area (Å²) in [5, 5.41) is 2.77. The van der Waals surface area contributed by atoms with Crippen LogP contribution >= 0.6 is 0 Å². The van der Waals surface area contributed by atoms with E-state index in [-0.39, 0.29) is 24.0 Å². The molecule has 5 rings (SSSR count). The zero-order valence-electron chi connectivity index (χ0n) is 18.7. The summed E-state index contributed by atoms with van der Waals surface area (Å²) in [6, 6.07) is 15.5. The lowest BCUT2D eigenvalue weighted by Crippen LogP contribution is -2.52. The van der Waals surface area contributed by atoms with E-state index in [1.54, 1.807) is 4.90 Å². The molecule has 1 unspecified atom stereocenters. The summed E-state index contributed by atoms with van der Waals surface area (Å²) in [5.41, 5.74) is 9.91. The first kappa shape index (κ1) is 21.7. The highest BCUT2D eigenvalue weighted by atomic mass is 16.5. The van der Waals surface area contributed by atoms with Gasteiger partial charge in [-0.25, -0.2) is 0 Å². The van der Waals surface area contributed by atoms with Crippen molar-refractivity contribution in [2.75, 3.05) is 13.1 Å². The van der Waals surface area contributed by atoms with Crippen LogP contribution in [0, 0.1) is 0 Å². The van der Waals surface area contributed by atoms with E-state index < -0.39 is 6.04 Å². The predicted octanol–water partition coefficient (Wildman–Crippen LogP) is 2.42. The number of amides is 2. The van der Waals surface area contributed by atoms with Crippen molar-refractivity contribution in [2.24, 2.45) is 5.73 Å². The minimum atomic E-state index is -0.460. The van der Waals surface area contributed by atoms with Gasteiger partial charge < -0.3 is 20.7 Å². The van der Waals surface area contributed by atoms with Crippen LogP contribution in [-0.2, 0) is 17.9 Å². The highest BCUT2D eigenvalue weighted by Gasteiger charge is 2.38. The Bertz CT molecular complexity index is 1070. The molecule has 0 spiro atoms. The van der Waals surface area contributed by atoms with Crippen LogP contribution in [0.5, 0.6) is 5.75 Å². The van der Waals surface area contributed by atoms with Gasteiger partial charge in [0.25, 0.3) is 5.91 Å². The van der Waals surface area contributed by atoms with Crippen molar-refractivity contribution in [3.63, 3.8) is 0 Å². The van der Waals surface area contributed by atoms with Gasteiger partial charge in [0.2, 0.25) is 5.91 Å². The molecule has 2 amide bonds. The predicted molar refractivity (Wildman–Crippen MR) is 125 cm³/mol. The molecule has 3 aliphatic rings. The third-order valence-corrected chi connectivity index (χ3v) is 6.84. The van der Waals surface area contributed by atoms with Gasteiger partial charge in [0.1, 0.15) is 17.9 Å². The molecule has 3 heterocycles. The Morgan fingerprint density at radius 3 is 2.73 bits per heavy atom. The molecule has 3 N–H and O–H groups in total. The number of nitrogens with two attached hydrogens (primary N) is 1. The molecule has 7 nitrogen and oxygen atoms in total. The average Bonchev–Trinajstić information content (AvgIpc) is 3.12. The number of likely N-dealkylation sites (tertiary alicyclic amines) is 1. The third kappa shape index (κ3) is 4.51. The first-order valence-electron chi connectivity index (χ1n) is 11.6. The number of allylic oxidation sites excluding steroid dienone is 1. The normalized spacial score (nSPS) is 25.7. The standard InChI is InChI=1S/C26H30N4O3/c1-17-7-10-23(25(31)28-17)30-15-19-13-20(8-9-21(19)26(30)32)33-24-16-29(12-11-22(24)27)14-18-5-3-2-4-6-18/h2-6,8-9,13,22-24H,1,7,10-12,14-16,27H2,(H,28,31)/t22-,23?,24-/m0/s1. The highest BCUT2D eigenvalue weighted by molar-refractivity contribution is 6.01. The Morgan fingerprint density at radius 1 is 1.12 bits per heavy atom. The van der Waals surface area contributed by atoms with Crippen LogP contribution in [0.25, 0.3) is 0 Å². The zero-order valence-corrected chi connectivity index (χ0v) is 18.7. The Hall–Kier alpha value is -3.16. The van der Waals surface area contributed by atoms with Crippen LogP contribution in [0.1, 0.15) is 40.7 Å². The molecule has 33 heavy (non-hydrogen) atoms. The maximum atomic E-state index is 12.9. The van der Waals surface area contributed by atoms with E-state index in [0.29, 0.717) is 36.4 Å². The van der Waals surface area contributed by atoms with Gasteiger partial charge in [0.05, 0.1) is 0 Å². The van der Waals surface area contributed by atoms with Gasteiger partial charge in [-0.2, -0.15) is 0 Å². The molecule has 2 aromatic carbocycles. The average molecular weight is 447 g/mol. The van der Waals surface area contributed by atoms with E-state index in [2.05, 4.69) is 41.1 Å². The molecule has 0 radical (unpaired) electrons. The second kappa shape index (κ2) is 9.00. The fourth-order valence-corrected chi connectivity index (χ4v) is 4.99. The number of nitrogens with one attached hydrogen (secondary N) is 1. The fourth-order valence-electron chi connectivity index (χ4n) is 4.99. The summed E-state index contributed by atoms with van der Waals surface area (Å²) < 4.78 is 6.32. The molecular formula is C26H30N4O3. The maximum absolute atomic E-state index is 12.9. The quantitative estimate of drug-likeness (QED) is 0.737. The molecule has 172 valence electrons. The van der Waals surface area contributed by atoms with Crippen molar-refractivity contribution in [2.45, 2.75) is 50.5 Å². The molecule has 2 saturated heterocycles. The minimum absolute atomic E-state index is 0.0394. The highest BCUT2D eigenvalue weighted by Crippen LogP contribution is 2.31. The Kier molecular flexibility index (Phi) is 5.91. The number of rotatable bonds is 5. The lowest BCUT2D eigenvalue weighted by atomic mass is 10.0. The summed E-state index contributed by atoms with van der Waals surface area (Å²) in [6.07, 6.45) is 2.03. The number of benzene rings is 2. The molecule has 0 saturated carbocycles. The summed E-state index contributed by atoms with van der Waals surface area (Å²) >= 11 is 0. The molecule has 2 fully saturated rings. The van der Waals surface area contributed by atoms with Gasteiger partial charge in [0, 0.05) is 43.5 Å². The number of carbonyl (C=O) groups excluding carboxylic acids is 2. The largest absolute Gasteiger partial charge is 0.487 e. The van der Waals surface area contributed by atoms with E-state index in [0.717, 1.165) is 31.6 Å². The van der Waals surface area contributed by atoms with Crippen LogP contribution in [0.3, 0.4) is 0 Å². The second-order valence-corrected chi connectivity index (χ2v) is 9.23. The molecule has 2 aromatic rings. The van der Waals surface area contributed by atoms with Gasteiger partial charge in [-0.15, -0.1) is 0 Å². The summed E-state index contributed by atoms with van der Waals surface area (Å²) in [6.45, 7) is 6.80. The van der Waals surface area contributed by atoms with E-state index in [4.69, 9.17) is 10.5 Å². The Labute approximate surface area is 194 Å². The zero-order chi connectivity index (χ0) is 22.9. The van der Waals surface area contributed by atoms with Crippen LogP contribution in [0.4, 0.5) is 0 Å². The first-order valence-corrected chi connectivity index (χ1v) is 11.6. The molecule has 0 aromatic heterocycles. The van der Waals surface area contributed by atoms with Crippen molar-refractivity contribution in [1.82, 2.24) is 15.1 Å². The van der Waals surface area contributed by atoms with E-state index >= 15 is 0 Å². The number of hydrogen-bond donors (Lipinski definition) is 2. The number of nitrogens with zero attached hydrogens (tertiary/aromatic N) is 2. The fraction of sp³-hybridized carbons (Fsp3) is 0.385.